The first-order valence-electron chi connectivity index (χ1n) is 11.3. The van der Waals surface area contributed by atoms with Gasteiger partial charge in [-0.1, -0.05) is 41.2 Å². The van der Waals surface area contributed by atoms with Crippen LogP contribution in [-0.4, -0.2) is 60.9 Å². The predicted octanol–water partition coefficient (Wildman–Crippen LogP) is 5.65. The smallest absolute Gasteiger partial charge is 0.228 e. The summed E-state index contributed by atoms with van der Waals surface area (Å²) in [5, 5.41) is 0.823. The lowest BCUT2D eigenvalue weighted by Crippen LogP contribution is -2.39. The second kappa shape index (κ2) is 13.3. The minimum Gasteiger partial charge on any atom is -0.379 e. The maximum absolute atomic E-state index is 13.2. The number of thiazole rings is 1. The van der Waals surface area contributed by atoms with Gasteiger partial charge in [0.2, 0.25) is 5.91 Å². The molecule has 0 atom stereocenters. The van der Waals surface area contributed by atoms with Gasteiger partial charge in [-0.25, -0.2) is 4.98 Å². The highest BCUT2D eigenvalue weighted by atomic mass is 35.5. The van der Waals surface area contributed by atoms with Gasteiger partial charge in [0.05, 0.1) is 23.4 Å². The number of thioether (sulfide) groups is 1. The quantitative estimate of drug-likeness (QED) is 0.263. The van der Waals surface area contributed by atoms with Crippen LogP contribution >= 0.6 is 35.5 Å². The molecule has 1 aliphatic rings. The van der Waals surface area contributed by atoms with E-state index < -0.39 is 0 Å². The number of aromatic nitrogens is 1. The fraction of sp³-hybridized carbons (Fsp3) is 0.440. The molecule has 2 aromatic carbocycles. The maximum Gasteiger partial charge on any atom is 0.228 e. The molecule has 0 radical (unpaired) electrons. The van der Waals surface area contributed by atoms with Crippen molar-refractivity contribution in [3.8, 4) is 0 Å². The number of fused-ring (bicyclic) bond motifs is 1. The first-order chi connectivity index (χ1) is 15.7. The van der Waals surface area contributed by atoms with Gasteiger partial charge in [-0.2, -0.15) is 0 Å². The van der Waals surface area contributed by atoms with Crippen molar-refractivity contribution in [3.63, 3.8) is 0 Å². The average molecular weight is 506 g/mol. The van der Waals surface area contributed by atoms with E-state index in [9.17, 15) is 4.79 Å². The van der Waals surface area contributed by atoms with E-state index in [4.69, 9.17) is 9.72 Å². The van der Waals surface area contributed by atoms with Gasteiger partial charge < -0.3 is 4.74 Å². The highest BCUT2D eigenvalue weighted by Crippen LogP contribution is 2.29. The maximum atomic E-state index is 13.2. The van der Waals surface area contributed by atoms with Gasteiger partial charge >= 0.3 is 0 Å². The molecule has 178 valence electrons. The van der Waals surface area contributed by atoms with Crippen molar-refractivity contribution in [1.82, 2.24) is 9.88 Å². The molecule has 0 saturated carbocycles. The summed E-state index contributed by atoms with van der Waals surface area (Å²) in [6, 6.07) is 16.7. The van der Waals surface area contributed by atoms with Gasteiger partial charge in [0.25, 0.3) is 0 Å². The summed E-state index contributed by atoms with van der Waals surface area (Å²) in [6.07, 6.45) is 2.36. The lowest BCUT2D eigenvalue weighted by atomic mass is 10.2. The van der Waals surface area contributed by atoms with Gasteiger partial charge in [-0.05, 0) is 49.8 Å². The number of para-hydroxylation sites is 1. The molecule has 1 fully saturated rings. The molecule has 8 heteroatoms. The summed E-state index contributed by atoms with van der Waals surface area (Å²) in [7, 11) is 0. The van der Waals surface area contributed by atoms with Crippen LogP contribution in [-0.2, 0) is 9.53 Å². The number of hydrogen-bond acceptors (Lipinski definition) is 6. The SMILES string of the molecule is Cc1ccc(SCCCC(=O)N(CCCN2CCOCC2)c2nc3ccccc3s2)cc1.Cl. The number of halogens is 1. The molecule has 1 saturated heterocycles. The third-order valence-electron chi connectivity index (χ3n) is 5.60. The lowest BCUT2D eigenvalue weighted by Gasteiger charge is -2.27. The van der Waals surface area contributed by atoms with Gasteiger partial charge in [0, 0.05) is 37.5 Å². The van der Waals surface area contributed by atoms with Crippen LogP contribution in [0.2, 0.25) is 0 Å². The zero-order chi connectivity index (χ0) is 22.2. The molecule has 0 bridgehead atoms. The molecule has 1 aliphatic heterocycles. The lowest BCUT2D eigenvalue weighted by molar-refractivity contribution is -0.118. The highest BCUT2D eigenvalue weighted by molar-refractivity contribution is 7.99. The van der Waals surface area contributed by atoms with E-state index in [1.807, 2.05) is 34.9 Å². The van der Waals surface area contributed by atoms with E-state index in [-0.39, 0.29) is 18.3 Å². The minimum atomic E-state index is 0. The molecule has 2 heterocycles. The Morgan fingerprint density at radius 3 is 2.64 bits per heavy atom. The number of nitrogens with zero attached hydrogens (tertiary/aromatic N) is 3. The second-order valence-electron chi connectivity index (χ2n) is 8.08. The highest BCUT2D eigenvalue weighted by Gasteiger charge is 2.20. The van der Waals surface area contributed by atoms with Crippen LogP contribution in [0.25, 0.3) is 10.2 Å². The van der Waals surface area contributed by atoms with E-state index in [2.05, 4.69) is 42.2 Å². The van der Waals surface area contributed by atoms with E-state index in [1.165, 1.54) is 10.5 Å². The summed E-state index contributed by atoms with van der Waals surface area (Å²) < 4.78 is 6.57. The number of hydrogen-bond donors (Lipinski definition) is 0. The van der Waals surface area contributed by atoms with Crippen LogP contribution in [0.3, 0.4) is 0 Å². The van der Waals surface area contributed by atoms with Crippen molar-refractivity contribution in [1.29, 1.82) is 0 Å². The number of carbonyl (C=O) groups excluding carboxylic acids is 1. The molecule has 3 aromatic rings. The largest absolute Gasteiger partial charge is 0.379 e. The van der Waals surface area contributed by atoms with E-state index in [0.29, 0.717) is 13.0 Å². The van der Waals surface area contributed by atoms with Gasteiger partial charge in [-0.15, -0.1) is 24.2 Å². The number of anilines is 1. The zero-order valence-corrected chi connectivity index (χ0v) is 21.5. The monoisotopic (exact) mass is 505 g/mol. The van der Waals surface area contributed by atoms with Crippen molar-refractivity contribution < 1.29 is 9.53 Å². The van der Waals surface area contributed by atoms with Crippen LogP contribution < -0.4 is 4.90 Å². The van der Waals surface area contributed by atoms with Gasteiger partial charge in [-0.3, -0.25) is 14.6 Å². The van der Waals surface area contributed by atoms with E-state index in [1.54, 1.807) is 11.3 Å². The van der Waals surface area contributed by atoms with Crippen molar-refractivity contribution in [2.24, 2.45) is 0 Å². The van der Waals surface area contributed by atoms with Crippen molar-refractivity contribution in [2.45, 2.75) is 31.1 Å². The summed E-state index contributed by atoms with van der Waals surface area (Å²) in [6.45, 7) is 7.36. The Hall–Kier alpha value is -1.64. The zero-order valence-electron chi connectivity index (χ0n) is 19.1. The fourth-order valence-corrected chi connectivity index (χ4v) is 5.62. The summed E-state index contributed by atoms with van der Waals surface area (Å²) in [4.78, 5) is 23.6. The van der Waals surface area contributed by atoms with Crippen LogP contribution in [0.15, 0.2) is 53.4 Å². The number of amides is 1. The first kappa shape index (κ1) is 26.0. The molecule has 33 heavy (non-hydrogen) atoms. The molecular weight excluding hydrogens is 474 g/mol. The Balaban J connectivity index is 0.00000306. The van der Waals surface area contributed by atoms with Crippen molar-refractivity contribution in [2.75, 3.05) is 50.0 Å². The van der Waals surface area contributed by atoms with E-state index >= 15 is 0 Å². The fourth-order valence-electron chi connectivity index (χ4n) is 3.76. The average Bonchev–Trinajstić information content (AvgIpc) is 3.25. The Bertz CT molecular complexity index is 973. The topological polar surface area (TPSA) is 45.7 Å². The van der Waals surface area contributed by atoms with Crippen LogP contribution in [0, 0.1) is 6.92 Å². The van der Waals surface area contributed by atoms with Crippen LogP contribution in [0.1, 0.15) is 24.8 Å². The first-order valence-corrected chi connectivity index (χ1v) is 13.1. The Labute approximate surface area is 210 Å². The molecule has 1 amide bonds. The molecule has 0 unspecified atom stereocenters. The minimum absolute atomic E-state index is 0. The number of rotatable bonds is 10. The third kappa shape index (κ3) is 7.69. The summed E-state index contributed by atoms with van der Waals surface area (Å²) >= 11 is 3.43. The van der Waals surface area contributed by atoms with Crippen LogP contribution in [0.4, 0.5) is 5.13 Å². The third-order valence-corrected chi connectivity index (χ3v) is 7.76. The molecule has 0 aliphatic carbocycles. The number of morpholine rings is 1. The molecule has 1 aromatic heterocycles. The number of carbonyl (C=O) groups is 1. The standard InChI is InChI=1S/C25H31N3O2S2.ClH/c1-20-9-11-21(12-10-20)31-19-4-8-24(29)28(14-5-13-27-15-17-30-18-16-27)25-26-22-6-2-3-7-23(22)32-25;/h2-3,6-7,9-12H,4-5,8,13-19H2,1H3;1H. The van der Waals surface area contributed by atoms with Gasteiger partial charge in [0.1, 0.15) is 0 Å². The van der Waals surface area contributed by atoms with Crippen molar-refractivity contribution >= 4 is 56.8 Å². The Morgan fingerprint density at radius 1 is 1.12 bits per heavy atom. The summed E-state index contributed by atoms with van der Waals surface area (Å²) in [5.41, 5.74) is 2.24. The van der Waals surface area contributed by atoms with Gasteiger partial charge in [0.15, 0.2) is 5.13 Å². The number of benzene rings is 2. The molecular formula is C25H32ClN3O2S2. The number of aryl methyl sites for hydroxylation is 1. The predicted molar refractivity (Wildman–Crippen MR) is 142 cm³/mol. The molecule has 5 nitrogen and oxygen atoms in total. The second-order valence-corrected chi connectivity index (χ2v) is 10.3. The normalized spacial score (nSPS) is 14.2. The molecule has 0 N–H and O–H groups in total. The summed E-state index contributed by atoms with van der Waals surface area (Å²) in [5.74, 6) is 1.12. The Kier molecular flexibility index (Phi) is 10.5. The molecule has 0 spiro atoms. The molecule has 4 rings (SSSR count). The Morgan fingerprint density at radius 2 is 1.88 bits per heavy atom. The number of ether oxygens (including phenoxy) is 1. The van der Waals surface area contributed by atoms with E-state index in [0.717, 1.165) is 66.8 Å². The van der Waals surface area contributed by atoms with Crippen LogP contribution in [0.5, 0.6) is 0 Å². The van der Waals surface area contributed by atoms with Crippen molar-refractivity contribution in [3.05, 3.63) is 54.1 Å².